The van der Waals surface area contributed by atoms with Crippen LogP contribution in [0.2, 0.25) is 0 Å². The fourth-order valence-corrected chi connectivity index (χ4v) is 4.13. The monoisotopic (exact) mass is 434 g/mol. The first-order valence-electron chi connectivity index (χ1n) is 10.4. The molecular formula is C22H23FN8O. The number of carbonyl (C=O) groups is 1. The van der Waals surface area contributed by atoms with E-state index in [2.05, 4.69) is 30.5 Å². The molecule has 1 fully saturated rings. The summed E-state index contributed by atoms with van der Waals surface area (Å²) in [6.07, 6.45) is 3.96. The van der Waals surface area contributed by atoms with Crippen LogP contribution in [-0.4, -0.2) is 52.0 Å². The van der Waals surface area contributed by atoms with Crippen LogP contribution in [0.3, 0.4) is 0 Å². The summed E-state index contributed by atoms with van der Waals surface area (Å²) in [6.45, 7) is 1.53. The lowest BCUT2D eigenvalue weighted by Crippen LogP contribution is -2.28. The van der Waals surface area contributed by atoms with Crippen molar-refractivity contribution < 1.29 is 9.18 Å². The van der Waals surface area contributed by atoms with Crippen molar-refractivity contribution >= 4 is 39.3 Å². The number of nitrogens with two attached hydrogens (primary N) is 1. The Kier molecular flexibility index (Phi) is 5.06. The zero-order chi connectivity index (χ0) is 22.2. The molecule has 1 unspecified atom stereocenters. The Balaban J connectivity index is 1.59. The van der Waals surface area contributed by atoms with Gasteiger partial charge in [-0.15, -0.1) is 0 Å². The van der Waals surface area contributed by atoms with E-state index in [4.69, 9.17) is 10.7 Å². The molecule has 164 valence electrons. The first-order chi connectivity index (χ1) is 15.5. The molecule has 0 bridgehead atoms. The van der Waals surface area contributed by atoms with Crippen molar-refractivity contribution in [3.05, 3.63) is 53.9 Å². The van der Waals surface area contributed by atoms with Gasteiger partial charge in [-0.2, -0.15) is 0 Å². The lowest BCUT2D eigenvalue weighted by Gasteiger charge is -2.19. The molecule has 1 aromatic carbocycles. The van der Waals surface area contributed by atoms with Gasteiger partial charge >= 0.3 is 0 Å². The summed E-state index contributed by atoms with van der Waals surface area (Å²) in [4.78, 5) is 31.2. The number of amides is 1. The number of pyridine rings is 1. The maximum absolute atomic E-state index is 14.3. The summed E-state index contributed by atoms with van der Waals surface area (Å²) < 4.78 is 14.3. The third kappa shape index (κ3) is 3.58. The minimum Gasteiger partial charge on any atom is -0.386 e. The van der Waals surface area contributed by atoms with Gasteiger partial charge in [0, 0.05) is 44.0 Å². The van der Waals surface area contributed by atoms with Gasteiger partial charge in [0.05, 0.1) is 28.7 Å². The van der Waals surface area contributed by atoms with E-state index in [-0.39, 0.29) is 24.3 Å². The summed E-state index contributed by atoms with van der Waals surface area (Å²) in [7, 11) is 1.74. The molecule has 0 spiro atoms. The quantitative estimate of drug-likeness (QED) is 0.379. The summed E-state index contributed by atoms with van der Waals surface area (Å²) >= 11 is 0. The van der Waals surface area contributed by atoms with E-state index in [1.807, 2.05) is 0 Å². The number of carbonyl (C=O) groups excluding carboxylic acids is 1. The van der Waals surface area contributed by atoms with Crippen LogP contribution in [0.25, 0.3) is 21.9 Å². The molecule has 1 saturated heterocycles. The molecule has 1 aliphatic rings. The highest BCUT2D eigenvalue weighted by molar-refractivity contribution is 6.14. The molecule has 5 N–H and O–H groups in total. The minimum atomic E-state index is -0.348. The predicted octanol–water partition coefficient (Wildman–Crippen LogP) is 2.15. The van der Waals surface area contributed by atoms with E-state index in [0.29, 0.717) is 40.5 Å². The van der Waals surface area contributed by atoms with Crippen LogP contribution in [-0.2, 0) is 6.54 Å². The van der Waals surface area contributed by atoms with Gasteiger partial charge in [0.1, 0.15) is 17.3 Å². The second kappa shape index (κ2) is 8.04. The van der Waals surface area contributed by atoms with Gasteiger partial charge in [-0.25, -0.2) is 14.4 Å². The van der Waals surface area contributed by atoms with Crippen molar-refractivity contribution in [2.24, 2.45) is 5.73 Å². The highest BCUT2D eigenvalue weighted by Gasteiger charge is 2.25. The van der Waals surface area contributed by atoms with Crippen molar-refractivity contribution in [2.45, 2.75) is 19.0 Å². The third-order valence-electron chi connectivity index (χ3n) is 5.68. The van der Waals surface area contributed by atoms with Gasteiger partial charge in [0.25, 0.3) is 5.91 Å². The molecule has 5 rings (SSSR count). The van der Waals surface area contributed by atoms with E-state index in [1.54, 1.807) is 25.4 Å². The Morgan fingerprint density at radius 1 is 1.38 bits per heavy atom. The summed E-state index contributed by atoms with van der Waals surface area (Å²) in [6, 6.07) is 6.36. The van der Waals surface area contributed by atoms with E-state index in [9.17, 15) is 9.18 Å². The van der Waals surface area contributed by atoms with Crippen LogP contribution >= 0.6 is 0 Å². The van der Waals surface area contributed by atoms with Crippen LogP contribution in [0.1, 0.15) is 22.6 Å². The normalized spacial score (nSPS) is 16.1. The zero-order valence-corrected chi connectivity index (χ0v) is 17.5. The van der Waals surface area contributed by atoms with Crippen LogP contribution in [0.5, 0.6) is 0 Å². The van der Waals surface area contributed by atoms with Crippen LogP contribution in [0, 0.1) is 5.82 Å². The number of fused-ring (bicyclic) bond motifs is 3. The zero-order valence-electron chi connectivity index (χ0n) is 17.5. The van der Waals surface area contributed by atoms with Crippen LogP contribution < -0.4 is 21.3 Å². The van der Waals surface area contributed by atoms with Gasteiger partial charge in [-0.1, -0.05) is 0 Å². The predicted molar refractivity (Wildman–Crippen MR) is 121 cm³/mol. The van der Waals surface area contributed by atoms with E-state index in [1.165, 1.54) is 18.3 Å². The molecule has 9 nitrogen and oxygen atoms in total. The molecule has 0 saturated carbocycles. The molecule has 0 aliphatic carbocycles. The van der Waals surface area contributed by atoms with Crippen molar-refractivity contribution in [3.8, 4) is 0 Å². The molecule has 4 aromatic rings. The fraction of sp³-hybridized carbons (Fsp3) is 0.273. The first-order valence-corrected chi connectivity index (χ1v) is 10.4. The van der Waals surface area contributed by atoms with E-state index in [0.717, 1.165) is 23.9 Å². The number of hydrogen-bond donors (Lipinski definition) is 4. The standard InChI is InChI=1S/C22H23FN8O/c1-25-16-8-13(23)7-15-18-20(30-19(15)16)28-17(29-21(18)31-6-4-14(24)11-31)10-27-22(32)12-3-2-5-26-9-12/h2-3,5,7-9,14,25H,4,6,10-11,24H2,1H3,(H,27,32)(H,28,29,30). The average molecular weight is 434 g/mol. The fourth-order valence-electron chi connectivity index (χ4n) is 4.13. The number of benzene rings is 1. The molecule has 32 heavy (non-hydrogen) atoms. The van der Waals surface area contributed by atoms with Gasteiger partial charge in [0.15, 0.2) is 5.82 Å². The van der Waals surface area contributed by atoms with Gasteiger partial charge in [0.2, 0.25) is 0 Å². The Morgan fingerprint density at radius 3 is 2.97 bits per heavy atom. The Labute approximate surface area is 183 Å². The van der Waals surface area contributed by atoms with Crippen LogP contribution in [0.15, 0.2) is 36.7 Å². The second-order valence-corrected chi connectivity index (χ2v) is 7.86. The largest absolute Gasteiger partial charge is 0.386 e. The average Bonchev–Trinajstić information content (AvgIpc) is 3.40. The number of aromatic amines is 1. The highest BCUT2D eigenvalue weighted by Crippen LogP contribution is 2.36. The Morgan fingerprint density at radius 2 is 2.25 bits per heavy atom. The Bertz CT molecular complexity index is 1310. The van der Waals surface area contributed by atoms with Gasteiger partial charge < -0.3 is 26.3 Å². The lowest BCUT2D eigenvalue weighted by molar-refractivity contribution is 0.0949. The van der Waals surface area contributed by atoms with Crippen molar-refractivity contribution in [2.75, 3.05) is 30.4 Å². The number of nitrogens with one attached hydrogen (secondary N) is 3. The van der Waals surface area contributed by atoms with E-state index < -0.39 is 0 Å². The van der Waals surface area contributed by atoms with E-state index >= 15 is 0 Å². The van der Waals surface area contributed by atoms with Crippen LogP contribution in [0.4, 0.5) is 15.9 Å². The number of aromatic nitrogens is 4. The van der Waals surface area contributed by atoms with Crippen molar-refractivity contribution in [1.29, 1.82) is 0 Å². The second-order valence-electron chi connectivity index (χ2n) is 7.86. The van der Waals surface area contributed by atoms with Gasteiger partial charge in [-0.05, 0) is 30.7 Å². The molecule has 10 heteroatoms. The maximum Gasteiger partial charge on any atom is 0.253 e. The van der Waals surface area contributed by atoms with Crippen molar-refractivity contribution in [3.63, 3.8) is 0 Å². The molecule has 0 radical (unpaired) electrons. The number of anilines is 2. The SMILES string of the molecule is CNc1cc(F)cc2c1[nH]c1nc(CNC(=O)c3cccnc3)nc(N3CCC(N)C3)c12. The molecule has 3 aromatic heterocycles. The number of nitrogens with zero attached hydrogens (tertiary/aromatic N) is 4. The third-order valence-corrected chi connectivity index (χ3v) is 5.68. The molecule has 1 amide bonds. The maximum atomic E-state index is 14.3. The lowest BCUT2D eigenvalue weighted by atomic mass is 10.1. The molecule has 4 heterocycles. The summed E-state index contributed by atoms with van der Waals surface area (Å²) in [5.41, 5.74) is 8.56. The number of rotatable bonds is 5. The molecule has 1 atom stereocenters. The molecular weight excluding hydrogens is 411 g/mol. The smallest absolute Gasteiger partial charge is 0.253 e. The topological polar surface area (TPSA) is 125 Å². The number of H-pyrrole nitrogens is 1. The summed E-state index contributed by atoms with van der Waals surface area (Å²) in [5, 5.41) is 7.31. The molecule has 1 aliphatic heterocycles. The summed E-state index contributed by atoms with van der Waals surface area (Å²) in [5.74, 6) is 0.526. The Hall–Kier alpha value is -3.79. The minimum absolute atomic E-state index is 0.0450. The number of halogens is 1. The van der Waals surface area contributed by atoms with Crippen molar-refractivity contribution in [1.82, 2.24) is 25.3 Å². The number of hydrogen-bond acceptors (Lipinski definition) is 7. The first kappa shape index (κ1) is 20.1. The highest BCUT2D eigenvalue weighted by atomic mass is 19.1. The van der Waals surface area contributed by atoms with Gasteiger partial charge in [-0.3, -0.25) is 9.78 Å².